The van der Waals surface area contributed by atoms with E-state index in [0.29, 0.717) is 5.16 Å². The quantitative estimate of drug-likeness (QED) is 0.862. The molecule has 7 heteroatoms. The average molecular weight is 318 g/mol. The van der Waals surface area contributed by atoms with Gasteiger partial charge in [0.15, 0.2) is 11.0 Å². The Morgan fingerprint density at radius 2 is 2.27 bits per heavy atom. The summed E-state index contributed by atoms with van der Waals surface area (Å²) in [6.45, 7) is 4.00. The van der Waals surface area contributed by atoms with E-state index in [4.69, 9.17) is 4.42 Å². The number of carbonyl (C=O) groups excluding carboxylic acids is 1. The summed E-state index contributed by atoms with van der Waals surface area (Å²) < 4.78 is 7.10. The molecule has 2 aromatic heterocycles. The lowest BCUT2D eigenvalue weighted by Gasteiger charge is -2.28. The first-order valence-electron chi connectivity index (χ1n) is 7.72. The topological polar surface area (TPSA) is 64.2 Å². The van der Waals surface area contributed by atoms with E-state index in [2.05, 4.69) is 15.0 Å². The van der Waals surface area contributed by atoms with Gasteiger partial charge in [0.1, 0.15) is 11.0 Å². The molecule has 2 aliphatic heterocycles. The van der Waals surface area contributed by atoms with Crippen LogP contribution in [0.25, 0.3) is 0 Å². The minimum Gasteiger partial charge on any atom is -0.468 e. The number of furan rings is 1. The highest BCUT2D eigenvalue weighted by Crippen LogP contribution is 2.42. The van der Waals surface area contributed by atoms with Crippen LogP contribution in [0, 0.1) is 0 Å². The van der Waals surface area contributed by atoms with Crippen molar-refractivity contribution in [1.29, 1.82) is 0 Å². The average Bonchev–Trinajstić information content (AvgIpc) is 3.28. The number of aryl methyl sites for hydroxylation is 1. The predicted octanol–water partition coefficient (Wildman–Crippen LogP) is 2.39. The number of carbonyl (C=O) groups is 1. The third kappa shape index (κ3) is 2.19. The predicted molar refractivity (Wildman–Crippen MR) is 81.9 cm³/mol. The molecule has 0 spiro atoms. The monoisotopic (exact) mass is 318 g/mol. The van der Waals surface area contributed by atoms with Crippen LogP contribution in [0.5, 0.6) is 0 Å². The molecule has 1 saturated heterocycles. The Hall–Kier alpha value is -1.60. The number of likely N-dealkylation sites (tertiary alicyclic amines) is 1. The van der Waals surface area contributed by atoms with E-state index in [-0.39, 0.29) is 17.2 Å². The van der Waals surface area contributed by atoms with Crippen LogP contribution in [0.3, 0.4) is 0 Å². The fraction of sp³-hybridized carbons (Fsp3) is 0.533. The summed E-state index contributed by atoms with van der Waals surface area (Å²) in [5.74, 6) is 1.60. The van der Waals surface area contributed by atoms with E-state index in [0.717, 1.165) is 31.1 Å². The second kappa shape index (κ2) is 5.55. The van der Waals surface area contributed by atoms with E-state index in [1.165, 1.54) is 29.3 Å². The molecule has 4 rings (SSSR count). The van der Waals surface area contributed by atoms with Crippen LogP contribution in [-0.2, 0) is 6.42 Å². The smallest absolute Gasteiger partial charge is 0.265 e. The van der Waals surface area contributed by atoms with Gasteiger partial charge < -0.3 is 4.42 Å². The number of aromatic nitrogens is 3. The first-order valence-corrected chi connectivity index (χ1v) is 8.60. The standard InChI is InChI=1S/C15H18N4O2S/c1-2-11-16-15-19(17-11)14(20)13(22-15)12(10-6-5-9-21-10)18-7-3-4-8-18/h5-6,9,12-13H,2-4,7-8H2,1H3. The van der Waals surface area contributed by atoms with Gasteiger partial charge in [-0.1, -0.05) is 18.7 Å². The maximum Gasteiger partial charge on any atom is 0.265 e. The molecule has 4 heterocycles. The maximum atomic E-state index is 12.8. The van der Waals surface area contributed by atoms with Crippen LogP contribution in [-0.4, -0.2) is 43.9 Å². The molecule has 2 aromatic rings. The summed E-state index contributed by atoms with van der Waals surface area (Å²) in [5.41, 5.74) is 0. The first-order chi connectivity index (χ1) is 10.8. The minimum atomic E-state index is -0.231. The van der Waals surface area contributed by atoms with Crippen molar-refractivity contribution < 1.29 is 9.21 Å². The first kappa shape index (κ1) is 14.0. The molecular formula is C15H18N4O2S. The molecule has 0 radical (unpaired) electrons. The number of fused-ring (bicyclic) bond motifs is 1. The van der Waals surface area contributed by atoms with Gasteiger partial charge in [-0.3, -0.25) is 9.69 Å². The molecule has 1 fully saturated rings. The molecular weight excluding hydrogens is 300 g/mol. The summed E-state index contributed by atoms with van der Waals surface area (Å²) in [6.07, 6.45) is 4.76. The van der Waals surface area contributed by atoms with Gasteiger partial charge in [-0.15, -0.1) is 5.10 Å². The highest BCUT2D eigenvalue weighted by Gasteiger charge is 2.44. The van der Waals surface area contributed by atoms with Crippen LogP contribution in [0.4, 0.5) is 0 Å². The number of hydrogen-bond acceptors (Lipinski definition) is 6. The van der Waals surface area contributed by atoms with Gasteiger partial charge in [-0.2, -0.15) is 4.68 Å². The Morgan fingerprint density at radius 1 is 1.45 bits per heavy atom. The van der Waals surface area contributed by atoms with E-state index < -0.39 is 0 Å². The minimum absolute atomic E-state index is 0.0144. The van der Waals surface area contributed by atoms with Crippen molar-refractivity contribution in [2.45, 2.75) is 42.6 Å². The molecule has 0 saturated carbocycles. The molecule has 0 aromatic carbocycles. The van der Waals surface area contributed by atoms with Crippen LogP contribution in [0.15, 0.2) is 28.0 Å². The second-order valence-electron chi connectivity index (χ2n) is 5.66. The summed E-state index contributed by atoms with van der Waals surface area (Å²) in [5, 5.41) is 4.80. The van der Waals surface area contributed by atoms with Crippen molar-refractivity contribution in [3.63, 3.8) is 0 Å². The lowest BCUT2D eigenvalue weighted by Crippen LogP contribution is -2.37. The van der Waals surface area contributed by atoms with E-state index in [1.807, 2.05) is 19.1 Å². The van der Waals surface area contributed by atoms with E-state index in [1.54, 1.807) is 6.26 Å². The molecule has 6 nitrogen and oxygen atoms in total. The number of hydrogen-bond donors (Lipinski definition) is 0. The maximum absolute atomic E-state index is 12.8. The normalized spacial score (nSPS) is 23.1. The zero-order valence-electron chi connectivity index (χ0n) is 12.4. The van der Waals surface area contributed by atoms with Crippen LogP contribution in [0.1, 0.15) is 42.2 Å². The van der Waals surface area contributed by atoms with Crippen LogP contribution >= 0.6 is 11.8 Å². The Labute approximate surface area is 132 Å². The molecule has 22 heavy (non-hydrogen) atoms. The van der Waals surface area contributed by atoms with Crippen molar-refractivity contribution >= 4 is 17.7 Å². The highest BCUT2D eigenvalue weighted by molar-refractivity contribution is 8.00. The molecule has 2 aliphatic rings. The van der Waals surface area contributed by atoms with Crippen molar-refractivity contribution in [1.82, 2.24) is 19.7 Å². The molecule has 2 atom stereocenters. The van der Waals surface area contributed by atoms with Gasteiger partial charge in [-0.05, 0) is 38.1 Å². The van der Waals surface area contributed by atoms with Crippen molar-refractivity contribution in [3.05, 3.63) is 30.0 Å². The van der Waals surface area contributed by atoms with Crippen molar-refractivity contribution in [2.24, 2.45) is 0 Å². The Kier molecular flexibility index (Phi) is 3.54. The number of rotatable bonds is 4. The van der Waals surface area contributed by atoms with Crippen molar-refractivity contribution in [2.75, 3.05) is 13.1 Å². The van der Waals surface area contributed by atoms with Gasteiger partial charge in [0, 0.05) is 6.42 Å². The molecule has 0 N–H and O–H groups in total. The Morgan fingerprint density at radius 3 is 2.91 bits per heavy atom. The van der Waals surface area contributed by atoms with E-state index >= 15 is 0 Å². The fourth-order valence-corrected chi connectivity index (χ4v) is 4.44. The summed E-state index contributed by atoms with van der Waals surface area (Å²) in [6, 6.07) is 3.81. The highest BCUT2D eigenvalue weighted by atomic mass is 32.2. The lowest BCUT2D eigenvalue weighted by molar-refractivity contribution is 0.0836. The van der Waals surface area contributed by atoms with Crippen LogP contribution < -0.4 is 0 Å². The largest absolute Gasteiger partial charge is 0.468 e. The molecule has 0 bridgehead atoms. The Balaban J connectivity index is 1.66. The van der Waals surface area contributed by atoms with E-state index in [9.17, 15) is 4.79 Å². The zero-order chi connectivity index (χ0) is 15.1. The number of nitrogens with zero attached hydrogens (tertiary/aromatic N) is 4. The number of thioether (sulfide) groups is 1. The SMILES string of the molecule is CCc1nc2n(n1)C(=O)C(C(c1ccco1)N1CCCC1)S2. The Bertz CT molecular complexity index is 676. The van der Waals surface area contributed by atoms with Gasteiger partial charge in [0.2, 0.25) is 0 Å². The van der Waals surface area contributed by atoms with Gasteiger partial charge in [0.25, 0.3) is 5.91 Å². The summed E-state index contributed by atoms with van der Waals surface area (Å²) in [4.78, 5) is 19.6. The second-order valence-corrected chi connectivity index (χ2v) is 6.76. The molecule has 0 amide bonds. The van der Waals surface area contributed by atoms with Gasteiger partial charge >= 0.3 is 0 Å². The summed E-state index contributed by atoms with van der Waals surface area (Å²) >= 11 is 1.51. The van der Waals surface area contributed by atoms with Crippen LogP contribution in [0.2, 0.25) is 0 Å². The molecule has 2 unspecified atom stereocenters. The van der Waals surface area contributed by atoms with Crippen molar-refractivity contribution in [3.8, 4) is 0 Å². The fourth-order valence-electron chi connectivity index (χ4n) is 3.19. The molecule has 116 valence electrons. The van der Waals surface area contributed by atoms with Gasteiger partial charge in [-0.25, -0.2) is 4.98 Å². The van der Waals surface area contributed by atoms with Gasteiger partial charge in [0.05, 0.1) is 12.3 Å². The molecule has 0 aliphatic carbocycles. The zero-order valence-corrected chi connectivity index (χ0v) is 13.3. The summed E-state index contributed by atoms with van der Waals surface area (Å²) in [7, 11) is 0. The lowest BCUT2D eigenvalue weighted by atomic mass is 10.1. The third-order valence-corrected chi connectivity index (χ3v) is 5.47. The third-order valence-electron chi connectivity index (χ3n) is 4.28.